The van der Waals surface area contributed by atoms with E-state index in [1.165, 1.54) is 36.0 Å². The Kier molecular flexibility index (Phi) is 6.35. The van der Waals surface area contributed by atoms with Gasteiger partial charge in [-0.25, -0.2) is 4.39 Å². The van der Waals surface area contributed by atoms with Gasteiger partial charge in [0.1, 0.15) is 5.82 Å². The average Bonchev–Trinajstić information content (AvgIpc) is 2.38. The number of rotatable bonds is 7. The van der Waals surface area contributed by atoms with Crippen molar-refractivity contribution in [1.82, 2.24) is 5.32 Å². The van der Waals surface area contributed by atoms with Crippen LogP contribution in [0, 0.1) is 5.82 Å². The van der Waals surface area contributed by atoms with E-state index in [0.717, 1.165) is 5.75 Å². The van der Waals surface area contributed by atoms with Crippen molar-refractivity contribution < 1.29 is 19.1 Å². The molecule has 104 valence electrons. The third-order valence-corrected chi connectivity index (χ3v) is 3.39. The number of benzene rings is 1. The first kappa shape index (κ1) is 15.5. The Morgan fingerprint density at radius 3 is 2.53 bits per heavy atom. The van der Waals surface area contributed by atoms with Gasteiger partial charge in [0, 0.05) is 6.54 Å². The summed E-state index contributed by atoms with van der Waals surface area (Å²) < 4.78 is 12.8. The lowest BCUT2D eigenvalue weighted by Gasteiger charge is -2.13. The van der Waals surface area contributed by atoms with Crippen LogP contribution in [0.4, 0.5) is 4.39 Å². The molecule has 0 fully saturated rings. The maximum Gasteiger partial charge on any atom is 0.312 e. The van der Waals surface area contributed by atoms with E-state index in [-0.39, 0.29) is 12.5 Å². The van der Waals surface area contributed by atoms with Crippen molar-refractivity contribution in [3.63, 3.8) is 0 Å². The number of nitrogens with one attached hydrogen (secondary N) is 1. The number of carbonyl (C=O) groups is 2. The van der Waals surface area contributed by atoms with E-state index in [1.54, 1.807) is 0 Å². The molecule has 1 unspecified atom stereocenters. The Labute approximate surface area is 115 Å². The van der Waals surface area contributed by atoms with Gasteiger partial charge in [0.2, 0.25) is 5.91 Å². The predicted molar refractivity (Wildman–Crippen MR) is 72.8 cm³/mol. The van der Waals surface area contributed by atoms with Crippen LogP contribution in [0.5, 0.6) is 0 Å². The largest absolute Gasteiger partial charge is 0.481 e. The Morgan fingerprint density at radius 2 is 2.00 bits per heavy atom. The number of thioether (sulfide) groups is 1. The highest BCUT2D eigenvalue weighted by Gasteiger charge is 2.20. The summed E-state index contributed by atoms with van der Waals surface area (Å²) in [4.78, 5) is 22.6. The average molecular weight is 285 g/mol. The van der Waals surface area contributed by atoms with E-state index in [9.17, 15) is 14.0 Å². The first-order valence-electron chi connectivity index (χ1n) is 5.87. The van der Waals surface area contributed by atoms with Crippen LogP contribution in [0.15, 0.2) is 24.3 Å². The minimum Gasteiger partial charge on any atom is -0.481 e. The summed E-state index contributed by atoms with van der Waals surface area (Å²) in [7, 11) is 0. The lowest BCUT2D eigenvalue weighted by atomic mass is 9.99. The highest BCUT2D eigenvalue weighted by molar-refractivity contribution is 7.99. The van der Waals surface area contributed by atoms with Gasteiger partial charge in [-0.1, -0.05) is 19.1 Å². The molecule has 6 heteroatoms. The fourth-order valence-corrected chi connectivity index (χ4v) is 2.00. The standard InChI is InChI=1S/C13H16FNO3S/c1-2-19-8-12(16)15-7-11(13(17)18)9-3-5-10(14)6-4-9/h3-6,11H,2,7-8H2,1H3,(H,15,16)(H,17,18). The molecule has 0 aliphatic carbocycles. The monoisotopic (exact) mass is 285 g/mol. The van der Waals surface area contributed by atoms with Gasteiger partial charge in [-0.2, -0.15) is 11.8 Å². The van der Waals surface area contributed by atoms with Crippen LogP contribution in [-0.2, 0) is 9.59 Å². The van der Waals surface area contributed by atoms with Crippen molar-refractivity contribution in [2.75, 3.05) is 18.1 Å². The summed E-state index contributed by atoms with van der Waals surface area (Å²) in [6, 6.07) is 5.25. The maximum atomic E-state index is 12.8. The van der Waals surface area contributed by atoms with E-state index < -0.39 is 17.7 Å². The number of carboxylic acid groups (broad SMARTS) is 1. The molecule has 1 aromatic rings. The smallest absolute Gasteiger partial charge is 0.312 e. The van der Waals surface area contributed by atoms with Crippen molar-refractivity contribution in [2.24, 2.45) is 0 Å². The van der Waals surface area contributed by atoms with E-state index in [2.05, 4.69) is 5.32 Å². The van der Waals surface area contributed by atoms with Crippen LogP contribution in [0.2, 0.25) is 0 Å². The normalized spacial score (nSPS) is 11.9. The second kappa shape index (κ2) is 7.78. The molecule has 0 spiro atoms. The summed E-state index contributed by atoms with van der Waals surface area (Å²) in [5.74, 6) is -1.39. The van der Waals surface area contributed by atoms with Crippen LogP contribution < -0.4 is 5.32 Å². The molecule has 0 saturated carbocycles. The van der Waals surface area contributed by atoms with Gasteiger partial charge in [0.05, 0.1) is 11.7 Å². The van der Waals surface area contributed by atoms with Crippen molar-refractivity contribution >= 4 is 23.6 Å². The number of carboxylic acids is 1. The van der Waals surface area contributed by atoms with Crippen molar-refractivity contribution in [1.29, 1.82) is 0 Å². The van der Waals surface area contributed by atoms with Crippen LogP contribution >= 0.6 is 11.8 Å². The fraction of sp³-hybridized carbons (Fsp3) is 0.385. The summed E-state index contributed by atoms with van der Waals surface area (Å²) in [6.45, 7) is 1.95. The first-order chi connectivity index (χ1) is 9.04. The van der Waals surface area contributed by atoms with Crippen LogP contribution in [0.3, 0.4) is 0 Å². The zero-order valence-corrected chi connectivity index (χ0v) is 11.4. The summed E-state index contributed by atoms with van der Waals surface area (Å²) in [5, 5.41) is 11.7. The van der Waals surface area contributed by atoms with E-state index in [0.29, 0.717) is 11.3 Å². The number of hydrogen-bond donors (Lipinski definition) is 2. The van der Waals surface area contributed by atoms with Crippen molar-refractivity contribution in [2.45, 2.75) is 12.8 Å². The Morgan fingerprint density at radius 1 is 1.37 bits per heavy atom. The molecule has 0 aliphatic heterocycles. The Hall–Kier alpha value is -1.56. The van der Waals surface area contributed by atoms with Crippen LogP contribution in [-0.4, -0.2) is 35.0 Å². The van der Waals surface area contributed by atoms with Gasteiger partial charge in [-0.05, 0) is 23.4 Å². The maximum absolute atomic E-state index is 12.8. The Bertz CT molecular complexity index is 436. The van der Waals surface area contributed by atoms with Gasteiger partial charge in [0.25, 0.3) is 0 Å². The van der Waals surface area contributed by atoms with E-state index in [4.69, 9.17) is 5.11 Å². The lowest BCUT2D eigenvalue weighted by Crippen LogP contribution is -2.32. The molecular formula is C13H16FNO3S. The third kappa shape index (κ3) is 5.30. The molecule has 0 heterocycles. The van der Waals surface area contributed by atoms with Gasteiger partial charge in [-0.3, -0.25) is 9.59 Å². The van der Waals surface area contributed by atoms with Crippen molar-refractivity contribution in [3.05, 3.63) is 35.6 Å². The van der Waals surface area contributed by atoms with E-state index in [1.807, 2.05) is 6.92 Å². The molecule has 1 aromatic carbocycles. The number of aliphatic carboxylic acids is 1. The molecule has 1 atom stereocenters. The molecule has 0 aromatic heterocycles. The number of carbonyl (C=O) groups excluding carboxylic acids is 1. The molecule has 1 rings (SSSR count). The SMILES string of the molecule is CCSCC(=O)NCC(C(=O)O)c1ccc(F)cc1. The quantitative estimate of drug-likeness (QED) is 0.802. The Balaban J connectivity index is 2.61. The summed E-state index contributed by atoms with van der Waals surface area (Å²) in [5.41, 5.74) is 0.470. The molecule has 0 aliphatic rings. The molecule has 0 saturated heterocycles. The van der Waals surface area contributed by atoms with E-state index >= 15 is 0 Å². The predicted octanol–water partition coefficient (Wildman–Crippen LogP) is 1.86. The minimum atomic E-state index is -1.05. The summed E-state index contributed by atoms with van der Waals surface area (Å²) in [6.07, 6.45) is 0. The zero-order chi connectivity index (χ0) is 14.3. The van der Waals surface area contributed by atoms with Crippen molar-refractivity contribution in [3.8, 4) is 0 Å². The molecule has 2 N–H and O–H groups in total. The van der Waals surface area contributed by atoms with Gasteiger partial charge in [0.15, 0.2) is 0 Å². The lowest BCUT2D eigenvalue weighted by molar-refractivity contribution is -0.138. The summed E-state index contributed by atoms with van der Waals surface area (Å²) >= 11 is 1.46. The highest BCUT2D eigenvalue weighted by Crippen LogP contribution is 2.16. The van der Waals surface area contributed by atoms with Gasteiger partial charge < -0.3 is 10.4 Å². The second-order valence-electron chi connectivity index (χ2n) is 3.88. The molecule has 0 bridgehead atoms. The number of hydrogen-bond acceptors (Lipinski definition) is 3. The molecule has 0 radical (unpaired) electrons. The molecule has 4 nitrogen and oxygen atoms in total. The number of halogens is 1. The topological polar surface area (TPSA) is 66.4 Å². The molecule has 19 heavy (non-hydrogen) atoms. The third-order valence-electron chi connectivity index (χ3n) is 2.51. The van der Waals surface area contributed by atoms with Gasteiger partial charge in [-0.15, -0.1) is 0 Å². The fourth-order valence-electron chi connectivity index (χ4n) is 1.50. The molecular weight excluding hydrogens is 269 g/mol. The van der Waals surface area contributed by atoms with Crippen LogP contribution in [0.1, 0.15) is 18.4 Å². The number of amides is 1. The zero-order valence-electron chi connectivity index (χ0n) is 10.6. The minimum absolute atomic E-state index is 0.00404. The first-order valence-corrected chi connectivity index (χ1v) is 7.02. The second-order valence-corrected chi connectivity index (χ2v) is 5.16. The molecule has 1 amide bonds. The van der Waals surface area contributed by atoms with Gasteiger partial charge >= 0.3 is 5.97 Å². The van der Waals surface area contributed by atoms with Crippen LogP contribution in [0.25, 0.3) is 0 Å². The highest BCUT2D eigenvalue weighted by atomic mass is 32.2.